The van der Waals surface area contributed by atoms with E-state index in [4.69, 9.17) is 0 Å². The third-order valence-corrected chi connectivity index (χ3v) is 4.58. The van der Waals surface area contributed by atoms with Gasteiger partial charge >= 0.3 is 16.2 Å². The summed E-state index contributed by atoms with van der Waals surface area (Å²) in [5.41, 5.74) is 0.477. The molecule has 0 aliphatic heterocycles. The van der Waals surface area contributed by atoms with Gasteiger partial charge in [-0.3, -0.25) is 9.52 Å². The molecular weight excluding hydrogens is 383 g/mol. The average Bonchev–Trinajstić information content (AvgIpc) is 2.37. The Kier molecular flexibility index (Phi) is 6.01. The van der Waals surface area contributed by atoms with Gasteiger partial charge in [0.15, 0.2) is 0 Å². The maximum absolute atomic E-state index is 11.9. The van der Waals surface area contributed by atoms with Crippen LogP contribution in [0.5, 0.6) is 0 Å². The molecule has 0 heterocycles. The summed E-state index contributed by atoms with van der Waals surface area (Å²) in [6.07, 6.45) is 0.0145. The van der Waals surface area contributed by atoms with Gasteiger partial charge in [-0.15, -0.1) is 0 Å². The fraction of sp³-hybridized carbons (Fsp3) is 0.364. The van der Waals surface area contributed by atoms with Crippen LogP contribution in [0.25, 0.3) is 0 Å². The first-order valence-electron chi connectivity index (χ1n) is 5.41. The second kappa shape index (κ2) is 7.06. The molecule has 1 N–H and O–H groups in total. The Morgan fingerprint density at radius 2 is 1.95 bits per heavy atom. The van der Waals surface area contributed by atoms with E-state index in [2.05, 4.69) is 32.0 Å². The highest BCUT2D eigenvalue weighted by Gasteiger charge is 2.18. The van der Waals surface area contributed by atoms with E-state index in [1.807, 2.05) is 0 Å². The molecule has 0 bridgehead atoms. The minimum absolute atomic E-state index is 0.0145. The van der Waals surface area contributed by atoms with Crippen molar-refractivity contribution < 1.29 is 17.9 Å². The predicted molar refractivity (Wildman–Crippen MR) is 81.0 cm³/mol. The van der Waals surface area contributed by atoms with Crippen LogP contribution in [0, 0.1) is 3.57 Å². The van der Waals surface area contributed by atoms with Crippen LogP contribution in [0.15, 0.2) is 24.3 Å². The van der Waals surface area contributed by atoms with E-state index >= 15 is 0 Å². The van der Waals surface area contributed by atoms with Crippen molar-refractivity contribution in [2.45, 2.75) is 6.42 Å². The molecule has 0 aliphatic rings. The minimum Gasteiger partial charge on any atom is -0.469 e. The lowest BCUT2D eigenvalue weighted by Gasteiger charge is -2.17. The van der Waals surface area contributed by atoms with Gasteiger partial charge in [0.25, 0.3) is 0 Å². The number of carbonyl (C=O) groups is 1. The van der Waals surface area contributed by atoms with Gasteiger partial charge in [-0.2, -0.15) is 12.7 Å². The third kappa shape index (κ3) is 5.33. The molecule has 106 valence electrons. The topological polar surface area (TPSA) is 75.7 Å². The molecule has 0 saturated heterocycles. The fourth-order valence-electron chi connectivity index (χ4n) is 1.22. The molecule has 1 rings (SSSR count). The predicted octanol–water partition coefficient (Wildman–Crippen LogP) is 1.44. The summed E-state index contributed by atoms with van der Waals surface area (Å²) in [7, 11) is -0.992. The van der Waals surface area contributed by atoms with Crippen molar-refractivity contribution in [2.24, 2.45) is 0 Å². The monoisotopic (exact) mass is 398 g/mol. The van der Waals surface area contributed by atoms with E-state index in [1.165, 1.54) is 14.2 Å². The molecule has 0 amide bonds. The van der Waals surface area contributed by atoms with Gasteiger partial charge in [-0.25, -0.2) is 0 Å². The van der Waals surface area contributed by atoms with Crippen LogP contribution in [-0.4, -0.2) is 39.4 Å². The van der Waals surface area contributed by atoms with E-state index < -0.39 is 16.2 Å². The van der Waals surface area contributed by atoms with Crippen LogP contribution < -0.4 is 4.72 Å². The Balaban J connectivity index is 2.64. The van der Waals surface area contributed by atoms with Crippen LogP contribution in [0.1, 0.15) is 6.42 Å². The number of nitrogens with one attached hydrogen (secondary N) is 1. The normalized spacial score (nSPS) is 11.4. The minimum atomic E-state index is -3.66. The van der Waals surface area contributed by atoms with Crippen molar-refractivity contribution in [3.63, 3.8) is 0 Å². The van der Waals surface area contributed by atoms with Crippen molar-refractivity contribution in [3.05, 3.63) is 27.8 Å². The number of methoxy groups -OCH3 is 1. The van der Waals surface area contributed by atoms with Crippen molar-refractivity contribution >= 4 is 44.5 Å². The first kappa shape index (κ1) is 16.2. The quantitative estimate of drug-likeness (QED) is 0.582. The molecule has 8 heteroatoms. The van der Waals surface area contributed by atoms with E-state index in [0.29, 0.717) is 5.69 Å². The molecule has 6 nitrogen and oxygen atoms in total. The molecule has 0 saturated carbocycles. The molecule has 0 atom stereocenters. The molecule has 0 radical (unpaired) electrons. The Morgan fingerprint density at radius 1 is 1.37 bits per heavy atom. The molecule has 0 fully saturated rings. The van der Waals surface area contributed by atoms with Gasteiger partial charge in [-0.1, -0.05) is 0 Å². The van der Waals surface area contributed by atoms with Gasteiger partial charge < -0.3 is 4.74 Å². The summed E-state index contributed by atoms with van der Waals surface area (Å²) < 4.78 is 32.9. The summed E-state index contributed by atoms with van der Waals surface area (Å²) in [5, 5.41) is 0. The van der Waals surface area contributed by atoms with E-state index in [0.717, 1.165) is 7.88 Å². The van der Waals surface area contributed by atoms with Gasteiger partial charge in [0.1, 0.15) is 0 Å². The number of hydrogen-bond acceptors (Lipinski definition) is 4. The molecule has 0 spiro atoms. The summed E-state index contributed by atoms with van der Waals surface area (Å²) in [6.45, 7) is 0.0619. The molecule has 0 unspecified atom stereocenters. The molecule has 19 heavy (non-hydrogen) atoms. The number of benzene rings is 1. The molecule has 1 aromatic rings. The zero-order chi connectivity index (χ0) is 14.5. The maximum atomic E-state index is 11.9. The Bertz CT molecular complexity index is 530. The smallest absolute Gasteiger partial charge is 0.306 e. The lowest BCUT2D eigenvalue weighted by atomic mass is 10.3. The number of ether oxygens (including phenoxy) is 1. The highest BCUT2D eigenvalue weighted by molar-refractivity contribution is 14.1. The molecule has 0 aliphatic carbocycles. The Labute approximate surface area is 126 Å². The maximum Gasteiger partial charge on any atom is 0.306 e. The summed E-state index contributed by atoms with van der Waals surface area (Å²) in [4.78, 5) is 11.0. The summed E-state index contributed by atoms with van der Waals surface area (Å²) >= 11 is 2.13. The van der Waals surface area contributed by atoms with Crippen LogP contribution in [0.2, 0.25) is 0 Å². The molecular formula is C11H15IN2O4S. The van der Waals surface area contributed by atoms with Gasteiger partial charge in [0.2, 0.25) is 0 Å². The third-order valence-electron chi connectivity index (χ3n) is 2.36. The Hall–Kier alpha value is -0.870. The van der Waals surface area contributed by atoms with Crippen molar-refractivity contribution in [1.29, 1.82) is 0 Å². The fourth-order valence-corrected chi connectivity index (χ4v) is 2.50. The largest absolute Gasteiger partial charge is 0.469 e. The zero-order valence-corrected chi connectivity index (χ0v) is 13.6. The number of nitrogens with zero attached hydrogens (tertiary/aromatic N) is 1. The van der Waals surface area contributed by atoms with Crippen LogP contribution in [-0.2, 0) is 19.7 Å². The SMILES string of the molecule is COC(=O)CCN(C)S(=O)(=O)Nc1ccc(I)cc1. The zero-order valence-electron chi connectivity index (χ0n) is 10.6. The number of anilines is 1. The lowest BCUT2D eigenvalue weighted by molar-refractivity contribution is -0.140. The lowest BCUT2D eigenvalue weighted by Crippen LogP contribution is -2.34. The molecule has 1 aromatic carbocycles. The van der Waals surface area contributed by atoms with Crippen molar-refractivity contribution in [2.75, 3.05) is 25.4 Å². The highest BCUT2D eigenvalue weighted by atomic mass is 127. The highest BCUT2D eigenvalue weighted by Crippen LogP contribution is 2.13. The van der Waals surface area contributed by atoms with Gasteiger partial charge in [0.05, 0.1) is 13.5 Å². The number of halogens is 1. The average molecular weight is 398 g/mol. The Morgan fingerprint density at radius 3 is 2.47 bits per heavy atom. The van der Waals surface area contributed by atoms with Gasteiger partial charge in [0, 0.05) is 22.8 Å². The first-order chi connectivity index (χ1) is 8.85. The second-order valence-corrected chi connectivity index (χ2v) is 6.78. The molecule has 0 aromatic heterocycles. The van der Waals surface area contributed by atoms with Crippen molar-refractivity contribution in [1.82, 2.24) is 4.31 Å². The van der Waals surface area contributed by atoms with E-state index in [9.17, 15) is 13.2 Å². The number of carbonyl (C=O) groups excluding carboxylic acids is 1. The van der Waals surface area contributed by atoms with Crippen LogP contribution >= 0.6 is 22.6 Å². The number of rotatable bonds is 6. The summed E-state index contributed by atoms with van der Waals surface area (Å²) in [5.74, 6) is -0.448. The standard InChI is InChI=1S/C11H15IN2O4S/c1-14(8-7-11(15)18-2)19(16,17)13-10-5-3-9(12)4-6-10/h3-6,13H,7-8H2,1-2H3. The van der Waals surface area contributed by atoms with Crippen LogP contribution in [0.3, 0.4) is 0 Å². The second-order valence-electron chi connectivity index (χ2n) is 3.76. The van der Waals surface area contributed by atoms with Gasteiger partial charge in [-0.05, 0) is 46.9 Å². The van der Waals surface area contributed by atoms with Crippen molar-refractivity contribution in [3.8, 4) is 0 Å². The van der Waals surface area contributed by atoms with E-state index in [-0.39, 0.29) is 13.0 Å². The number of hydrogen-bond donors (Lipinski definition) is 1. The van der Waals surface area contributed by atoms with E-state index in [1.54, 1.807) is 24.3 Å². The number of esters is 1. The van der Waals surface area contributed by atoms with Crippen LogP contribution in [0.4, 0.5) is 5.69 Å². The first-order valence-corrected chi connectivity index (χ1v) is 7.93. The summed E-state index contributed by atoms with van der Waals surface area (Å²) in [6, 6.07) is 6.95.